The molecular weight excluding hydrogens is 491 g/mol. The highest BCUT2D eigenvalue weighted by Crippen LogP contribution is 2.43. The predicted molar refractivity (Wildman–Crippen MR) is 157 cm³/mol. The lowest BCUT2D eigenvalue weighted by Gasteiger charge is -2.12. The van der Waals surface area contributed by atoms with Gasteiger partial charge in [0, 0.05) is 18.8 Å². The summed E-state index contributed by atoms with van der Waals surface area (Å²) in [6.45, 7) is 2.28. The van der Waals surface area contributed by atoms with Crippen LogP contribution in [0, 0.1) is 0 Å². The van der Waals surface area contributed by atoms with Gasteiger partial charge in [-0.05, 0) is 64.2 Å². The summed E-state index contributed by atoms with van der Waals surface area (Å²) in [5, 5.41) is 5.22. The molecule has 0 fully saturated rings. The van der Waals surface area contributed by atoms with Crippen molar-refractivity contribution in [3.05, 3.63) is 78.4 Å². The smallest absolute Gasteiger partial charge is 0.135 e. The van der Waals surface area contributed by atoms with Gasteiger partial charge in [0.15, 0.2) is 0 Å². The van der Waals surface area contributed by atoms with Crippen LogP contribution in [0.1, 0.15) is 25.3 Å². The first-order chi connectivity index (χ1) is 16.8. The standard InChI is InChI=1S/C29H21NS4/c1-2-3-12-21-26-28(33-24-15-19-10-6-4-8-17(19)13-22(24)31-26)30-29-27(21)32-23-14-18-9-5-7-11-20(18)16-25(23)34-29/h4-11,13-16H,2-3,12H2,1H3. The summed E-state index contributed by atoms with van der Waals surface area (Å²) in [5.41, 5.74) is 1.49. The minimum absolute atomic E-state index is 1.11. The van der Waals surface area contributed by atoms with E-state index in [2.05, 4.69) is 79.7 Å². The van der Waals surface area contributed by atoms with Crippen LogP contribution in [0.3, 0.4) is 0 Å². The van der Waals surface area contributed by atoms with Crippen molar-refractivity contribution >= 4 is 105 Å². The Bertz CT molecular complexity index is 1780. The summed E-state index contributed by atoms with van der Waals surface area (Å²) in [4.78, 5) is 7.62. The minimum Gasteiger partial charge on any atom is -0.224 e. The van der Waals surface area contributed by atoms with E-state index in [9.17, 15) is 0 Å². The predicted octanol–water partition coefficient (Wildman–Crippen LogP) is 10.7. The third-order valence-electron chi connectivity index (χ3n) is 6.38. The molecule has 0 aliphatic carbocycles. The van der Waals surface area contributed by atoms with Gasteiger partial charge in [-0.1, -0.05) is 61.9 Å². The maximum Gasteiger partial charge on any atom is 0.135 e. The summed E-state index contributed by atoms with van der Waals surface area (Å²) in [6.07, 6.45) is 3.51. The van der Waals surface area contributed by atoms with Gasteiger partial charge in [0.1, 0.15) is 9.66 Å². The zero-order chi connectivity index (χ0) is 22.6. The first-order valence-corrected chi connectivity index (χ1v) is 14.9. The van der Waals surface area contributed by atoms with Crippen LogP contribution in [-0.2, 0) is 6.42 Å². The first kappa shape index (κ1) is 20.8. The van der Waals surface area contributed by atoms with Crippen LogP contribution >= 0.6 is 45.3 Å². The Morgan fingerprint density at radius 2 is 1.00 bits per heavy atom. The fraction of sp³-hybridized carbons (Fsp3) is 0.138. The summed E-state index contributed by atoms with van der Waals surface area (Å²) in [5.74, 6) is 0. The Morgan fingerprint density at radius 1 is 0.588 bits per heavy atom. The number of aryl methyl sites for hydroxylation is 1. The van der Waals surface area contributed by atoms with Crippen molar-refractivity contribution in [2.24, 2.45) is 0 Å². The van der Waals surface area contributed by atoms with E-state index in [1.807, 2.05) is 45.3 Å². The van der Waals surface area contributed by atoms with Crippen molar-refractivity contribution in [3.63, 3.8) is 0 Å². The van der Waals surface area contributed by atoms with E-state index in [0.29, 0.717) is 0 Å². The van der Waals surface area contributed by atoms with Gasteiger partial charge in [0.2, 0.25) is 0 Å². The van der Waals surface area contributed by atoms with Crippen molar-refractivity contribution in [2.45, 2.75) is 26.2 Å². The molecular formula is C29H21NS4. The molecule has 0 spiro atoms. The maximum atomic E-state index is 5.26. The van der Waals surface area contributed by atoms with Crippen LogP contribution in [0.15, 0.2) is 72.8 Å². The topological polar surface area (TPSA) is 12.9 Å². The SMILES string of the molecule is CCCCc1c2sc3cc4ccccc4cc3sc2nc2sc3cc4ccccc4cc3sc12. The van der Waals surface area contributed by atoms with E-state index >= 15 is 0 Å². The molecule has 3 aromatic heterocycles. The lowest BCUT2D eigenvalue weighted by atomic mass is 10.1. The largest absolute Gasteiger partial charge is 0.224 e. The molecule has 34 heavy (non-hydrogen) atoms. The maximum absolute atomic E-state index is 5.26. The second kappa shape index (κ2) is 8.28. The Morgan fingerprint density at radius 3 is 1.41 bits per heavy atom. The van der Waals surface area contributed by atoms with Crippen molar-refractivity contribution in [1.82, 2.24) is 4.98 Å². The second-order valence-electron chi connectivity index (χ2n) is 8.66. The van der Waals surface area contributed by atoms with Crippen LogP contribution in [-0.4, -0.2) is 4.98 Å². The average molecular weight is 512 g/mol. The highest BCUT2D eigenvalue weighted by Gasteiger charge is 2.15. The van der Waals surface area contributed by atoms with Crippen LogP contribution in [0.2, 0.25) is 0 Å². The molecule has 166 valence electrons. The molecule has 0 unspecified atom stereocenters. The lowest BCUT2D eigenvalue weighted by Crippen LogP contribution is -1.90. The number of pyridine rings is 1. The van der Waals surface area contributed by atoms with Crippen LogP contribution in [0.25, 0.3) is 59.4 Å². The van der Waals surface area contributed by atoms with Gasteiger partial charge in [0.25, 0.3) is 0 Å². The fourth-order valence-electron chi connectivity index (χ4n) is 4.63. The van der Waals surface area contributed by atoms with Gasteiger partial charge >= 0.3 is 0 Å². The summed E-state index contributed by atoms with van der Waals surface area (Å²) >= 11 is 7.54. The monoisotopic (exact) mass is 511 g/mol. The molecule has 0 atom stereocenters. The van der Waals surface area contributed by atoms with Gasteiger partial charge < -0.3 is 0 Å². The molecule has 7 rings (SSSR count). The van der Waals surface area contributed by atoms with Crippen LogP contribution in [0.4, 0.5) is 0 Å². The molecule has 0 bridgehead atoms. The number of benzene rings is 4. The van der Waals surface area contributed by atoms with Gasteiger partial charge in [-0.3, -0.25) is 0 Å². The molecule has 0 saturated carbocycles. The molecule has 1 nitrogen and oxygen atoms in total. The molecule has 5 heteroatoms. The molecule has 0 N–H and O–H groups in total. The molecule has 0 saturated heterocycles. The number of hydrogen-bond donors (Lipinski definition) is 0. The number of fused-ring (bicyclic) bond motifs is 6. The third kappa shape index (κ3) is 3.42. The molecule has 4 aromatic carbocycles. The second-order valence-corrected chi connectivity index (χ2v) is 12.8. The minimum atomic E-state index is 1.11. The van der Waals surface area contributed by atoms with E-state index in [0.717, 1.165) is 6.42 Å². The van der Waals surface area contributed by atoms with Crippen molar-refractivity contribution in [3.8, 4) is 0 Å². The summed E-state index contributed by atoms with van der Waals surface area (Å²) < 4.78 is 8.11. The average Bonchev–Trinajstić information content (AvgIpc) is 2.86. The van der Waals surface area contributed by atoms with E-state index in [1.54, 1.807) is 0 Å². The number of nitrogens with zero attached hydrogens (tertiary/aromatic N) is 1. The third-order valence-corrected chi connectivity index (χ3v) is 11.4. The Kier molecular flexibility index (Phi) is 5.06. The Hall–Kier alpha value is -2.57. The Balaban J connectivity index is 1.58. The zero-order valence-corrected chi connectivity index (χ0v) is 21.9. The molecule has 3 heterocycles. The fourth-order valence-corrected chi connectivity index (χ4v) is 9.62. The molecule has 0 aliphatic heterocycles. The molecule has 0 aliphatic rings. The van der Waals surface area contributed by atoms with E-state index in [4.69, 9.17) is 4.98 Å². The van der Waals surface area contributed by atoms with Crippen LogP contribution < -0.4 is 0 Å². The van der Waals surface area contributed by atoms with Gasteiger partial charge in [0.05, 0.1) is 9.40 Å². The van der Waals surface area contributed by atoms with E-state index < -0.39 is 0 Å². The zero-order valence-electron chi connectivity index (χ0n) is 18.6. The van der Waals surface area contributed by atoms with Crippen molar-refractivity contribution in [2.75, 3.05) is 0 Å². The van der Waals surface area contributed by atoms with E-state index in [1.165, 1.54) is 77.8 Å². The van der Waals surface area contributed by atoms with Crippen LogP contribution in [0.5, 0.6) is 0 Å². The lowest BCUT2D eigenvalue weighted by molar-refractivity contribution is 0.803. The summed E-state index contributed by atoms with van der Waals surface area (Å²) in [6, 6.07) is 26.7. The quantitative estimate of drug-likeness (QED) is 0.215. The Labute approximate surface area is 213 Å². The van der Waals surface area contributed by atoms with Gasteiger partial charge in [-0.2, -0.15) is 0 Å². The first-order valence-electron chi connectivity index (χ1n) is 11.6. The molecule has 0 amide bonds. The number of unbranched alkanes of at least 4 members (excludes halogenated alkanes) is 1. The highest BCUT2D eigenvalue weighted by atomic mass is 32.1. The van der Waals surface area contributed by atoms with Gasteiger partial charge in [-0.25, -0.2) is 4.98 Å². The number of hydrogen-bond acceptors (Lipinski definition) is 5. The van der Waals surface area contributed by atoms with E-state index in [-0.39, 0.29) is 0 Å². The number of aromatic nitrogens is 1. The normalized spacial score (nSPS) is 12.0. The highest BCUT2D eigenvalue weighted by molar-refractivity contribution is 7.38. The van der Waals surface area contributed by atoms with Gasteiger partial charge in [-0.15, -0.1) is 45.3 Å². The molecule has 0 radical (unpaired) electrons. The van der Waals surface area contributed by atoms with Crippen molar-refractivity contribution in [1.29, 1.82) is 0 Å². The van der Waals surface area contributed by atoms with Crippen molar-refractivity contribution < 1.29 is 0 Å². The molecule has 7 aromatic rings. The summed E-state index contributed by atoms with van der Waals surface area (Å²) in [7, 11) is 0. The number of rotatable bonds is 3.